The standard InChI is InChI=1S/C18H11N5O6/c24-16-14-15(21-10-9-20-14)17(22(16)13-3-1-2-8-19-13)29-18(25)28-12-6-4-11(5-7-12)23(26)27/h1-10,17H. The monoisotopic (exact) mass is 393 g/mol. The van der Waals surface area contributed by atoms with Crippen molar-refractivity contribution < 1.29 is 24.0 Å². The Bertz CT molecular complexity index is 1090. The number of hydrogen-bond donors (Lipinski definition) is 0. The van der Waals surface area contributed by atoms with Crippen LogP contribution in [-0.4, -0.2) is 31.9 Å². The van der Waals surface area contributed by atoms with Crippen molar-refractivity contribution in [2.75, 3.05) is 4.90 Å². The first-order chi connectivity index (χ1) is 14.0. The molecule has 3 aromatic rings. The molecule has 1 aliphatic rings. The number of pyridine rings is 1. The normalized spacial score (nSPS) is 15.0. The van der Waals surface area contributed by atoms with Gasteiger partial charge in [0.15, 0.2) is 5.69 Å². The number of benzene rings is 1. The van der Waals surface area contributed by atoms with E-state index < -0.39 is 23.2 Å². The van der Waals surface area contributed by atoms with E-state index in [0.717, 1.165) is 4.90 Å². The van der Waals surface area contributed by atoms with E-state index in [1.165, 1.54) is 42.9 Å². The van der Waals surface area contributed by atoms with Crippen LogP contribution in [0.15, 0.2) is 61.1 Å². The van der Waals surface area contributed by atoms with Crippen LogP contribution in [0.2, 0.25) is 0 Å². The van der Waals surface area contributed by atoms with Gasteiger partial charge < -0.3 is 9.47 Å². The van der Waals surface area contributed by atoms with Gasteiger partial charge in [-0.05, 0) is 24.3 Å². The number of carbonyl (C=O) groups excluding carboxylic acids is 2. The third kappa shape index (κ3) is 3.43. The van der Waals surface area contributed by atoms with Crippen LogP contribution >= 0.6 is 0 Å². The zero-order valence-electron chi connectivity index (χ0n) is 14.5. The quantitative estimate of drug-likeness (QED) is 0.283. The van der Waals surface area contributed by atoms with Crippen LogP contribution in [0.3, 0.4) is 0 Å². The van der Waals surface area contributed by atoms with Crippen LogP contribution in [-0.2, 0) is 4.74 Å². The first-order valence-electron chi connectivity index (χ1n) is 8.23. The number of nitro groups is 1. The summed E-state index contributed by atoms with van der Waals surface area (Å²) < 4.78 is 10.4. The van der Waals surface area contributed by atoms with E-state index in [1.54, 1.807) is 18.2 Å². The summed E-state index contributed by atoms with van der Waals surface area (Å²) in [4.78, 5) is 48.5. The molecule has 0 aliphatic carbocycles. The summed E-state index contributed by atoms with van der Waals surface area (Å²) in [5.41, 5.74) is 0.0210. The largest absolute Gasteiger partial charge is 0.516 e. The highest BCUT2D eigenvalue weighted by Gasteiger charge is 2.44. The molecule has 1 aliphatic heterocycles. The number of rotatable bonds is 4. The molecule has 1 amide bonds. The maximum atomic E-state index is 12.7. The van der Waals surface area contributed by atoms with Crippen molar-refractivity contribution in [3.63, 3.8) is 0 Å². The Morgan fingerprint density at radius 1 is 1.03 bits per heavy atom. The Morgan fingerprint density at radius 2 is 1.79 bits per heavy atom. The van der Waals surface area contributed by atoms with Gasteiger partial charge in [0.1, 0.15) is 17.3 Å². The predicted octanol–water partition coefficient (Wildman–Crippen LogP) is 2.65. The molecule has 144 valence electrons. The third-order valence-electron chi connectivity index (χ3n) is 3.97. The zero-order valence-corrected chi connectivity index (χ0v) is 14.5. The second-order valence-corrected chi connectivity index (χ2v) is 5.73. The van der Waals surface area contributed by atoms with Gasteiger partial charge in [-0.3, -0.25) is 19.9 Å². The highest BCUT2D eigenvalue weighted by atomic mass is 16.7. The second-order valence-electron chi connectivity index (χ2n) is 5.73. The lowest BCUT2D eigenvalue weighted by Crippen LogP contribution is -2.32. The molecule has 2 aromatic heterocycles. The van der Waals surface area contributed by atoms with E-state index >= 15 is 0 Å². The molecule has 11 heteroatoms. The van der Waals surface area contributed by atoms with E-state index in [9.17, 15) is 19.7 Å². The Morgan fingerprint density at radius 3 is 2.48 bits per heavy atom. The highest BCUT2D eigenvalue weighted by Crippen LogP contribution is 2.35. The number of aromatic nitrogens is 3. The van der Waals surface area contributed by atoms with Gasteiger partial charge in [0.05, 0.1) is 4.92 Å². The van der Waals surface area contributed by atoms with Gasteiger partial charge in [-0.25, -0.2) is 19.7 Å². The smallest absolute Gasteiger partial charge is 0.403 e. The first kappa shape index (κ1) is 18.0. The molecule has 1 unspecified atom stereocenters. The molecule has 0 bridgehead atoms. The van der Waals surface area contributed by atoms with Gasteiger partial charge in [-0.2, -0.15) is 0 Å². The van der Waals surface area contributed by atoms with E-state index in [4.69, 9.17) is 9.47 Å². The summed E-state index contributed by atoms with van der Waals surface area (Å²) >= 11 is 0. The fraction of sp³-hybridized carbons (Fsp3) is 0.0556. The molecule has 3 heterocycles. The van der Waals surface area contributed by atoms with Gasteiger partial charge in [-0.15, -0.1) is 0 Å². The number of nitrogens with zero attached hydrogens (tertiary/aromatic N) is 5. The van der Waals surface area contributed by atoms with E-state index in [-0.39, 0.29) is 28.6 Å². The maximum Gasteiger partial charge on any atom is 0.516 e. The van der Waals surface area contributed by atoms with Crippen LogP contribution in [0, 0.1) is 10.1 Å². The SMILES string of the molecule is O=C(Oc1ccc([N+](=O)[O-])cc1)OC1c2nccnc2C(=O)N1c1ccccn1. The van der Waals surface area contributed by atoms with Crippen molar-refractivity contribution in [3.8, 4) is 5.75 Å². The van der Waals surface area contributed by atoms with Crippen molar-refractivity contribution in [1.82, 2.24) is 15.0 Å². The summed E-state index contributed by atoms with van der Waals surface area (Å²) in [6.45, 7) is 0. The van der Waals surface area contributed by atoms with Crippen molar-refractivity contribution in [1.29, 1.82) is 0 Å². The maximum absolute atomic E-state index is 12.7. The molecule has 0 fully saturated rings. The molecule has 4 rings (SSSR count). The Labute approximate surface area is 162 Å². The Balaban J connectivity index is 1.58. The molecule has 0 saturated heterocycles. The summed E-state index contributed by atoms with van der Waals surface area (Å²) in [7, 11) is 0. The minimum atomic E-state index is -1.23. The van der Waals surface area contributed by atoms with Gasteiger partial charge in [-0.1, -0.05) is 6.07 Å². The molecular weight excluding hydrogens is 382 g/mol. The van der Waals surface area contributed by atoms with Gasteiger partial charge in [0, 0.05) is 30.7 Å². The minimum Gasteiger partial charge on any atom is -0.403 e. The lowest BCUT2D eigenvalue weighted by molar-refractivity contribution is -0.384. The first-order valence-corrected chi connectivity index (χ1v) is 8.23. The summed E-state index contributed by atoms with van der Waals surface area (Å²) in [5.74, 6) is -0.251. The Kier molecular flexibility index (Phi) is 4.53. The van der Waals surface area contributed by atoms with Gasteiger partial charge in [0.25, 0.3) is 11.6 Å². The third-order valence-corrected chi connectivity index (χ3v) is 3.97. The van der Waals surface area contributed by atoms with Crippen LogP contribution in [0.1, 0.15) is 22.4 Å². The van der Waals surface area contributed by atoms with Crippen LogP contribution in [0.25, 0.3) is 0 Å². The topological polar surface area (TPSA) is 138 Å². The number of ether oxygens (including phenoxy) is 2. The average Bonchev–Trinajstić information content (AvgIpc) is 3.01. The molecule has 0 saturated carbocycles. The van der Waals surface area contributed by atoms with Gasteiger partial charge in [0.2, 0.25) is 6.23 Å². The lowest BCUT2D eigenvalue weighted by Gasteiger charge is -2.22. The number of non-ortho nitro benzene ring substituents is 1. The number of amides is 1. The van der Waals surface area contributed by atoms with E-state index in [0.29, 0.717) is 0 Å². The number of hydrogen-bond acceptors (Lipinski definition) is 9. The summed E-state index contributed by atoms with van der Waals surface area (Å²) in [6.07, 6.45) is 1.85. The number of anilines is 1. The molecule has 11 nitrogen and oxygen atoms in total. The Hall–Kier alpha value is -4.41. The van der Waals surface area contributed by atoms with Crippen molar-refractivity contribution in [2.24, 2.45) is 0 Å². The fourth-order valence-corrected chi connectivity index (χ4v) is 2.71. The molecule has 0 spiro atoms. The highest BCUT2D eigenvalue weighted by molar-refractivity contribution is 6.08. The van der Waals surface area contributed by atoms with Crippen LogP contribution in [0.5, 0.6) is 5.75 Å². The van der Waals surface area contributed by atoms with Crippen molar-refractivity contribution >= 4 is 23.6 Å². The van der Waals surface area contributed by atoms with Crippen LogP contribution < -0.4 is 9.64 Å². The molecule has 29 heavy (non-hydrogen) atoms. The molecule has 0 radical (unpaired) electrons. The van der Waals surface area contributed by atoms with E-state index in [1.807, 2.05) is 0 Å². The van der Waals surface area contributed by atoms with Crippen molar-refractivity contribution in [3.05, 3.63) is 82.6 Å². The average molecular weight is 393 g/mol. The molecule has 0 N–H and O–H groups in total. The number of fused-ring (bicyclic) bond motifs is 1. The predicted molar refractivity (Wildman–Crippen MR) is 96.0 cm³/mol. The second kappa shape index (κ2) is 7.31. The minimum absolute atomic E-state index is 0.0336. The van der Waals surface area contributed by atoms with Crippen LogP contribution in [0.4, 0.5) is 16.3 Å². The van der Waals surface area contributed by atoms with E-state index in [2.05, 4.69) is 15.0 Å². The summed E-state index contributed by atoms with van der Waals surface area (Å²) in [5, 5.41) is 10.7. The van der Waals surface area contributed by atoms with Gasteiger partial charge >= 0.3 is 6.16 Å². The number of nitro benzene ring substituents is 1. The lowest BCUT2D eigenvalue weighted by atomic mass is 10.3. The molecular formula is C18H11N5O6. The van der Waals surface area contributed by atoms with Crippen molar-refractivity contribution in [2.45, 2.75) is 6.23 Å². The zero-order chi connectivity index (χ0) is 20.4. The molecule has 1 atom stereocenters. The fourth-order valence-electron chi connectivity index (χ4n) is 2.71. The number of carbonyl (C=O) groups is 2. The molecule has 1 aromatic carbocycles. The summed E-state index contributed by atoms with van der Waals surface area (Å²) in [6, 6.07) is 9.79.